The van der Waals surface area contributed by atoms with Crippen LogP contribution in [0.25, 0.3) is 11.3 Å². The van der Waals surface area contributed by atoms with Crippen LogP contribution in [0.5, 0.6) is 5.75 Å². The number of H-pyrrole nitrogens is 2. The van der Waals surface area contributed by atoms with Crippen LogP contribution in [0.2, 0.25) is 5.02 Å². The first kappa shape index (κ1) is 11.8. The summed E-state index contributed by atoms with van der Waals surface area (Å²) in [6.45, 7) is 0.143. The fourth-order valence-corrected chi connectivity index (χ4v) is 1.86. The molecular weight excluding hydrogens is 242 g/mol. The van der Waals surface area contributed by atoms with E-state index in [0.29, 0.717) is 27.6 Å². The first-order valence-corrected chi connectivity index (χ1v) is 5.38. The van der Waals surface area contributed by atoms with E-state index in [9.17, 15) is 4.79 Å². The number of ether oxygens (including phenoxy) is 1. The number of methoxy groups -OCH3 is 1. The fourth-order valence-electron chi connectivity index (χ4n) is 1.68. The van der Waals surface area contributed by atoms with E-state index in [1.165, 1.54) is 0 Å². The summed E-state index contributed by atoms with van der Waals surface area (Å²) in [4.78, 5) is 11.5. The average Bonchev–Trinajstić information content (AvgIpc) is 2.70. The zero-order valence-electron chi connectivity index (χ0n) is 9.21. The first-order chi connectivity index (χ1) is 8.17. The van der Waals surface area contributed by atoms with Crippen molar-refractivity contribution in [3.63, 3.8) is 0 Å². The van der Waals surface area contributed by atoms with Crippen LogP contribution in [0.4, 0.5) is 0 Å². The topological polar surface area (TPSA) is 83.9 Å². The van der Waals surface area contributed by atoms with Gasteiger partial charge in [0.05, 0.1) is 18.4 Å². The molecule has 0 atom stereocenters. The molecule has 17 heavy (non-hydrogen) atoms. The van der Waals surface area contributed by atoms with Crippen molar-refractivity contribution in [3.8, 4) is 17.0 Å². The summed E-state index contributed by atoms with van der Waals surface area (Å²) >= 11 is 5.94. The molecule has 0 saturated heterocycles. The first-order valence-electron chi connectivity index (χ1n) is 5.01. The van der Waals surface area contributed by atoms with Gasteiger partial charge in [-0.05, 0) is 18.2 Å². The van der Waals surface area contributed by atoms with E-state index in [4.69, 9.17) is 22.1 Å². The van der Waals surface area contributed by atoms with Gasteiger partial charge in [0.2, 0.25) is 0 Å². The van der Waals surface area contributed by atoms with Crippen molar-refractivity contribution in [2.24, 2.45) is 5.73 Å². The number of aromatic amines is 2. The predicted octanol–water partition coefficient (Wildman–Crippen LogP) is 1.49. The van der Waals surface area contributed by atoms with Gasteiger partial charge < -0.3 is 10.5 Å². The SMILES string of the molecule is COc1ccc(Cl)cc1-c1[nH][nH]c(=O)c1CN. The average molecular weight is 254 g/mol. The Morgan fingerprint density at radius 2 is 2.18 bits per heavy atom. The van der Waals surface area contributed by atoms with Gasteiger partial charge in [0, 0.05) is 17.1 Å². The third-order valence-electron chi connectivity index (χ3n) is 2.51. The van der Waals surface area contributed by atoms with Gasteiger partial charge in [0.1, 0.15) is 5.75 Å². The number of rotatable bonds is 3. The Balaban J connectivity index is 2.66. The number of benzene rings is 1. The van der Waals surface area contributed by atoms with Crippen LogP contribution < -0.4 is 16.0 Å². The van der Waals surface area contributed by atoms with Gasteiger partial charge in [0.25, 0.3) is 5.56 Å². The lowest BCUT2D eigenvalue weighted by molar-refractivity contribution is 0.416. The number of hydrogen-bond donors (Lipinski definition) is 3. The van der Waals surface area contributed by atoms with Gasteiger partial charge in [-0.2, -0.15) is 0 Å². The van der Waals surface area contributed by atoms with Crippen molar-refractivity contribution in [1.29, 1.82) is 0 Å². The summed E-state index contributed by atoms with van der Waals surface area (Å²) in [7, 11) is 1.56. The number of nitrogens with one attached hydrogen (secondary N) is 2. The molecule has 0 aliphatic carbocycles. The molecule has 2 aromatic rings. The predicted molar refractivity (Wildman–Crippen MR) is 66.3 cm³/mol. The van der Waals surface area contributed by atoms with E-state index >= 15 is 0 Å². The highest BCUT2D eigenvalue weighted by molar-refractivity contribution is 6.31. The molecule has 0 aliphatic heterocycles. The van der Waals surface area contributed by atoms with Crippen molar-refractivity contribution in [2.75, 3.05) is 7.11 Å². The summed E-state index contributed by atoms with van der Waals surface area (Å²) in [6, 6.07) is 5.18. The molecule has 0 radical (unpaired) electrons. The lowest BCUT2D eigenvalue weighted by Crippen LogP contribution is -2.10. The molecule has 5 nitrogen and oxygen atoms in total. The van der Waals surface area contributed by atoms with Crippen LogP contribution in [0.15, 0.2) is 23.0 Å². The quantitative estimate of drug-likeness (QED) is 0.775. The molecule has 0 fully saturated rings. The van der Waals surface area contributed by atoms with Crippen LogP contribution in [0, 0.1) is 0 Å². The minimum Gasteiger partial charge on any atom is -0.496 e. The van der Waals surface area contributed by atoms with Gasteiger partial charge >= 0.3 is 0 Å². The molecule has 1 heterocycles. The Hall–Kier alpha value is -1.72. The Morgan fingerprint density at radius 3 is 2.82 bits per heavy atom. The summed E-state index contributed by atoms with van der Waals surface area (Å²) in [6.07, 6.45) is 0. The summed E-state index contributed by atoms with van der Waals surface area (Å²) < 4.78 is 5.23. The molecule has 1 aromatic carbocycles. The highest BCUT2D eigenvalue weighted by Gasteiger charge is 2.14. The Kier molecular flexibility index (Phi) is 3.21. The Bertz CT molecular complexity index is 589. The zero-order chi connectivity index (χ0) is 12.4. The van der Waals surface area contributed by atoms with E-state index < -0.39 is 0 Å². The van der Waals surface area contributed by atoms with Crippen LogP contribution in [-0.4, -0.2) is 17.3 Å². The maximum atomic E-state index is 11.5. The molecule has 0 spiro atoms. The van der Waals surface area contributed by atoms with E-state index in [-0.39, 0.29) is 12.1 Å². The van der Waals surface area contributed by atoms with E-state index in [1.54, 1.807) is 25.3 Å². The molecule has 1 aromatic heterocycles. The molecule has 4 N–H and O–H groups in total. The second-order valence-electron chi connectivity index (χ2n) is 3.48. The van der Waals surface area contributed by atoms with Crippen molar-refractivity contribution in [1.82, 2.24) is 10.2 Å². The number of hydrogen-bond acceptors (Lipinski definition) is 3. The van der Waals surface area contributed by atoms with E-state index in [2.05, 4.69) is 10.2 Å². The Morgan fingerprint density at radius 1 is 1.41 bits per heavy atom. The van der Waals surface area contributed by atoms with Gasteiger partial charge in [-0.15, -0.1) is 0 Å². The third-order valence-corrected chi connectivity index (χ3v) is 2.75. The normalized spacial score (nSPS) is 10.5. The Labute approximate surface area is 103 Å². The van der Waals surface area contributed by atoms with Crippen molar-refractivity contribution in [3.05, 3.63) is 39.1 Å². The molecule has 0 aliphatic rings. The molecule has 0 amide bonds. The number of aromatic nitrogens is 2. The second kappa shape index (κ2) is 4.65. The lowest BCUT2D eigenvalue weighted by Gasteiger charge is -2.08. The largest absolute Gasteiger partial charge is 0.496 e. The fraction of sp³-hybridized carbons (Fsp3) is 0.182. The van der Waals surface area contributed by atoms with Crippen molar-refractivity contribution in [2.45, 2.75) is 6.54 Å². The monoisotopic (exact) mass is 253 g/mol. The highest BCUT2D eigenvalue weighted by atomic mass is 35.5. The van der Waals surface area contributed by atoms with Crippen molar-refractivity contribution >= 4 is 11.6 Å². The standard InChI is InChI=1S/C11H12ClN3O2/c1-17-9-3-2-6(12)4-7(9)10-8(5-13)11(16)15-14-10/h2-4H,5,13H2,1H3,(H2,14,15,16). The van der Waals surface area contributed by atoms with Crippen LogP contribution in [0.1, 0.15) is 5.56 Å². The van der Waals surface area contributed by atoms with Gasteiger partial charge in [0.15, 0.2) is 0 Å². The van der Waals surface area contributed by atoms with E-state index in [0.717, 1.165) is 0 Å². The molecular formula is C11H12ClN3O2. The van der Waals surface area contributed by atoms with Gasteiger partial charge in [-0.25, -0.2) is 0 Å². The third kappa shape index (κ3) is 2.07. The number of halogens is 1. The lowest BCUT2D eigenvalue weighted by atomic mass is 10.1. The molecule has 2 rings (SSSR count). The van der Waals surface area contributed by atoms with Crippen LogP contribution in [0.3, 0.4) is 0 Å². The van der Waals surface area contributed by atoms with Crippen LogP contribution in [-0.2, 0) is 6.54 Å². The molecule has 90 valence electrons. The summed E-state index contributed by atoms with van der Waals surface area (Å²) in [5.41, 5.74) is 7.11. The molecule has 6 heteroatoms. The molecule has 0 unspecified atom stereocenters. The smallest absolute Gasteiger partial charge is 0.269 e. The zero-order valence-corrected chi connectivity index (χ0v) is 9.97. The maximum absolute atomic E-state index is 11.5. The molecule has 0 saturated carbocycles. The van der Waals surface area contributed by atoms with Gasteiger partial charge in [-0.3, -0.25) is 15.0 Å². The second-order valence-corrected chi connectivity index (χ2v) is 3.92. The van der Waals surface area contributed by atoms with Crippen LogP contribution >= 0.6 is 11.6 Å². The summed E-state index contributed by atoms with van der Waals surface area (Å²) in [5.74, 6) is 0.624. The minimum atomic E-state index is -0.232. The highest BCUT2D eigenvalue weighted by Crippen LogP contribution is 2.32. The number of nitrogens with two attached hydrogens (primary N) is 1. The minimum absolute atomic E-state index is 0.143. The van der Waals surface area contributed by atoms with Crippen molar-refractivity contribution < 1.29 is 4.74 Å². The van der Waals surface area contributed by atoms with E-state index in [1.807, 2.05) is 0 Å². The molecule has 0 bridgehead atoms. The van der Waals surface area contributed by atoms with Gasteiger partial charge in [-0.1, -0.05) is 11.6 Å². The summed E-state index contributed by atoms with van der Waals surface area (Å²) in [5, 5.41) is 5.85. The maximum Gasteiger partial charge on any atom is 0.269 e.